The number of amides is 1. The Morgan fingerprint density at radius 3 is 3.00 bits per heavy atom. The molecule has 2 rings (SSSR count). The van der Waals surface area contributed by atoms with Gasteiger partial charge in [0.2, 0.25) is 5.91 Å². The lowest BCUT2D eigenvalue weighted by Gasteiger charge is -2.10. The molecule has 0 fully saturated rings. The van der Waals surface area contributed by atoms with Crippen LogP contribution in [0, 0.1) is 0 Å². The number of rotatable bonds is 0. The molecule has 0 saturated heterocycles. The molecule has 0 aromatic heterocycles. The minimum atomic E-state index is 0.269. The van der Waals surface area contributed by atoms with Crippen LogP contribution in [0.3, 0.4) is 0 Å². The van der Waals surface area contributed by atoms with Crippen LogP contribution in [0.25, 0.3) is 0 Å². The van der Waals surface area contributed by atoms with Crippen molar-refractivity contribution in [1.29, 1.82) is 0 Å². The second-order valence-corrected chi connectivity index (χ2v) is 3.66. The topological polar surface area (TPSA) is 20.3 Å². The first-order valence-corrected chi connectivity index (χ1v) is 4.49. The summed E-state index contributed by atoms with van der Waals surface area (Å²) in [6.45, 7) is 0. The number of hydrogen-bond donors (Lipinski definition) is 0. The lowest BCUT2D eigenvalue weighted by atomic mass is 10.2. The maximum absolute atomic E-state index is 11.1. The van der Waals surface area contributed by atoms with Gasteiger partial charge in [-0.25, -0.2) is 0 Å². The molecule has 2 heterocycles. The average molecular weight is 155 g/mol. The standard InChI is InChI=1S/C7H9NOS/c1-8-6-4-10-3-5(6)2-7(8)9/h2-4H2,1H3. The fraction of sp³-hybridized carbons (Fsp3) is 0.571. The van der Waals surface area contributed by atoms with E-state index in [-0.39, 0.29) is 5.91 Å². The van der Waals surface area contributed by atoms with E-state index in [1.165, 1.54) is 11.3 Å². The maximum Gasteiger partial charge on any atom is 0.230 e. The lowest BCUT2D eigenvalue weighted by molar-refractivity contribution is -0.126. The quantitative estimate of drug-likeness (QED) is 0.517. The summed E-state index contributed by atoms with van der Waals surface area (Å²) >= 11 is 1.90. The van der Waals surface area contributed by atoms with Crippen molar-refractivity contribution in [2.24, 2.45) is 0 Å². The Hall–Kier alpha value is -0.440. The van der Waals surface area contributed by atoms with Gasteiger partial charge in [0.25, 0.3) is 0 Å². The fourth-order valence-electron chi connectivity index (χ4n) is 1.39. The highest BCUT2D eigenvalue weighted by atomic mass is 32.2. The molecular weight excluding hydrogens is 146 g/mol. The van der Waals surface area contributed by atoms with Crippen molar-refractivity contribution in [3.63, 3.8) is 0 Å². The minimum absolute atomic E-state index is 0.269. The van der Waals surface area contributed by atoms with Crippen LogP contribution in [0.1, 0.15) is 6.42 Å². The zero-order chi connectivity index (χ0) is 7.14. The van der Waals surface area contributed by atoms with Gasteiger partial charge in [-0.05, 0) is 5.57 Å². The number of carbonyl (C=O) groups excluding carboxylic acids is 1. The van der Waals surface area contributed by atoms with Gasteiger partial charge >= 0.3 is 0 Å². The van der Waals surface area contributed by atoms with E-state index in [2.05, 4.69) is 0 Å². The van der Waals surface area contributed by atoms with E-state index in [0.717, 1.165) is 11.5 Å². The Morgan fingerprint density at radius 2 is 2.30 bits per heavy atom. The summed E-state index contributed by atoms with van der Waals surface area (Å²) in [7, 11) is 1.87. The molecule has 54 valence electrons. The first-order chi connectivity index (χ1) is 4.79. The molecule has 0 aliphatic carbocycles. The summed E-state index contributed by atoms with van der Waals surface area (Å²) in [6, 6.07) is 0. The van der Waals surface area contributed by atoms with Gasteiger partial charge in [0.1, 0.15) is 0 Å². The molecule has 0 radical (unpaired) electrons. The Labute approximate surface area is 64.3 Å². The zero-order valence-corrected chi connectivity index (χ0v) is 6.70. The van der Waals surface area contributed by atoms with Gasteiger partial charge in [-0.2, -0.15) is 11.8 Å². The largest absolute Gasteiger partial charge is 0.318 e. The van der Waals surface area contributed by atoms with Crippen molar-refractivity contribution in [1.82, 2.24) is 4.90 Å². The first-order valence-electron chi connectivity index (χ1n) is 3.34. The van der Waals surface area contributed by atoms with Crippen LogP contribution in [0.5, 0.6) is 0 Å². The van der Waals surface area contributed by atoms with Crippen molar-refractivity contribution in [3.05, 3.63) is 11.3 Å². The van der Waals surface area contributed by atoms with Gasteiger partial charge in [-0.15, -0.1) is 0 Å². The monoisotopic (exact) mass is 155 g/mol. The second kappa shape index (κ2) is 2.02. The van der Waals surface area contributed by atoms with E-state index >= 15 is 0 Å². The highest BCUT2D eigenvalue weighted by Crippen LogP contribution is 2.33. The van der Waals surface area contributed by atoms with Crippen molar-refractivity contribution >= 4 is 17.7 Å². The van der Waals surface area contributed by atoms with Crippen LogP contribution < -0.4 is 0 Å². The Bertz CT molecular complexity index is 222. The summed E-state index contributed by atoms with van der Waals surface area (Å²) in [5.41, 5.74) is 2.63. The second-order valence-electron chi connectivity index (χ2n) is 2.67. The maximum atomic E-state index is 11.1. The van der Waals surface area contributed by atoms with Crippen LogP contribution in [0.2, 0.25) is 0 Å². The summed E-state index contributed by atoms with van der Waals surface area (Å²) in [5, 5.41) is 0. The molecule has 0 unspecified atom stereocenters. The minimum Gasteiger partial charge on any atom is -0.318 e. The SMILES string of the molecule is CN1C(=O)CC2=C1CSC2. The van der Waals surface area contributed by atoms with Gasteiger partial charge < -0.3 is 4.90 Å². The van der Waals surface area contributed by atoms with E-state index in [9.17, 15) is 4.79 Å². The van der Waals surface area contributed by atoms with Crippen molar-refractivity contribution in [3.8, 4) is 0 Å². The molecular formula is C7H9NOS. The van der Waals surface area contributed by atoms with Gasteiger partial charge in [0, 0.05) is 24.3 Å². The summed E-state index contributed by atoms with van der Waals surface area (Å²) < 4.78 is 0. The van der Waals surface area contributed by atoms with E-state index in [0.29, 0.717) is 6.42 Å². The average Bonchev–Trinajstić information content (AvgIpc) is 2.41. The third-order valence-electron chi connectivity index (χ3n) is 2.07. The van der Waals surface area contributed by atoms with Crippen molar-refractivity contribution < 1.29 is 4.79 Å². The number of thioether (sulfide) groups is 1. The molecule has 2 nitrogen and oxygen atoms in total. The molecule has 0 atom stereocenters. The third kappa shape index (κ3) is 0.700. The molecule has 3 heteroatoms. The highest BCUT2D eigenvalue weighted by Gasteiger charge is 2.29. The molecule has 0 spiro atoms. The number of nitrogens with zero attached hydrogens (tertiary/aromatic N) is 1. The summed E-state index contributed by atoms with van der Waals surface area (Å²) in [4.78, 5) is 12.9. The molecule has 0 aromatic carbocycles. The van der Waals surface area contributed by atoms with Gasteiger partial charge in [0.15, 0.2) is 0 Å². The van der Waals surface area contributed by atoms with E-state index < -0.39 is 0 Å². The number of hydrogen-bond acceptors (Lipinski definition) is 2. The summed E-state index contributed by atoms with van der Waals surface area (Å²) in [5.74, 6) is 2.38. The van der Waals surface area contributed by atoms with Gasteiger partial charge in [-0.1, -0.05) is 0 Å². The van der Waals surface area contributed by atoms with Crippen LogP contribution in [-0.4, -0.2) is 29.4 Å². The van der Waals surface area contributed by atoms with E-state index in [1.807, 2.05) is 18.8 Å². The molecule has 0 saturated carbocycles. The predicted octanol–water partition coefficient (Wildman–Crippen LogP) is 0.849. The molecule has 2 aliphatic heterocycles. The smallest absolute Gasteiger partial charge is 0.230 e. The Balaban J connectivity index is 2.30. The van der Waals surface area contributed by atoms with Crippen LogP contribution >= 0.6 is 11.8 Å². The zero-order valence-electron chi connectivity index (χ0n) is 5.89. The first kappa shape index (κ1) is 6.28. The molecule has 0 N–H and O–H groups in total. The van der Waals surface area contributed by atoms with Crippen LogP contribution in [0.4, 0.5) is 0 Å². The molecule has 0 aromatic rings. The van der Waals surface area contributed by atoms with Crippen molar-refractivity contribution in [2.45, 2.75) is 6.42 Å². The molecule has 2 aliphatic rings. The van der Waals surface area contributed by atoms with Crippen LogP contribution in [-0.2, 0) is 4.79 Å². The fourth-order valence-corrected chi connectivity index (χ4v) is 2.60. The molecule has 0 bridgehead atoms. The molecule has 10 heavy (non-hydrogen) atoms. The van der Waals surface area contributed by atoms with Gasteiger partial charge in [0.05, 0.1) is 6.42 Å². The Morgan fingerprint density at radius 1 is 1.50 bits per heavy atom. The Kier molecular flexibility index (Phi) is 1.27. The van der Waals surface area contributed by atoms with E-state index in [1.54, 1.807) is 4.90 Å². The predicted molar refractivity (Wildman–Crippen MR) is 41.7 cm³/mol. The summed E-state index contributed by atoms with van der Waals surface area (Å²) in [6.07, 6.45) is 0.679. The lowest BCUT2D eigenvalue weighted by Crippen LogP contribution is -2.20. The third-order valence-corrected chi connectivity index (χ3v) is 3.10. The number of carbonyl (C=O) groups is 1. The van der Waals surface area contributed by atoms with E-state index in [4.69, 9.17) is 0 Å². The normalized spacial score (nSPS) is 24.5. The molecule has 1 amide bonds. The van der Waals surface area contributed by atoms with Crippen molar-refractivity contribution in [2.75, 3.05) is 18.6 Å². The highest BCUT2D eigenvalue weighted by molar-refractivity contribution is 7.99. The van der Waals surface area contributed by atoms with Gasteiger partial charge in [-0.3, -0.25) is 4.79 Å². The van der Waals surface area contributed by atoms with Crippen LogP contribution in [0.15, 0.2) is 11.3 Å².